The summed E-state index contributed by atoms with van der Waals surface area (Å²) >= 11 is 0. The average Bonchev–Trinajstić information content (AvgIpc) is 2.30. The summed E-state index contributed by atoms with van der Waals surface area (Å²) in [4.78, 5) is 0. The van der Waals surface area contributed by atoms with Crippen LogP contribution in [0.15, 0.2) is 18.2 Å². The number of benzene rings is 1. The molecule has 0 aromatic heterocycles. The van der Waals surface area contributed by atoms with Crippen molar-refractivity contribution in [2.45, 2.75) is 6.04 Å². The van der Waals surface area contributed by atoms with Gasteiger partial charge in [0.25, 0.3) is 0 Å². The van der Waals surface area contributed by atoms with Crippen molar-refractivity contribution in [3.63, 3.8) is 0 Å². The first-order chi connectivity index (χ1) is 7.33. The molecule has 1 aliphatic rings. The minimum absolute atomic E-state index is 0.0899. The van der Waals surface area contributed by atoms with Crippen molar-refractivity contribution >= 4 is 0 Å². The van der Waals surface area contributed by atoms with Crippen LogP contribution in [0.2, 0.25) is 0 Å². The van der Waals surface area contributed by atoms with Crippen molar-refractivity contribution < 1.29 is 5.11 Å². The molecule has 0 radical (unpaired) electrons. The molecule has 4 heteroatoms. The number of para-hydroxylation sites is 1. The highest BCUT2D eigenvalue weighted by molar-refractivity contribution is 5.48. The SMILES string of the molecule is N#Cc1cccc([C@@H]2CNCCN2)c1O. The van der Waals surface area contributed by atoms with Crippen molar-refractivity contribution in [1.29, 1.82) is 5.26 Å². The summed E-state index contributed by atoms with van der Waals surface area (Å²) in [5, 5.41) is 25.2. The van der Waals surface area contributed by atoms with Gasteiger partial charge < -0.3 is 15.7 Å². The summed E-state index contributed by atoms with van der Waals surface area (Å²) < 4.78 is 0. The van der Waals surface area contributed by atoms with Crippen LogP contribution in [-0.2, 0) is 0 Å². The van der Waals surface area contributed by atoms with E-state index in [1.54, 1.807) is 12.1 Å². The summed E-state index contributed by atoms with van der Waals surface area (Å²) in [5.74, 6) is 0.0983. The van der Waals surface area contributed by atoms with E-state index in [1.807, 2.05) is 12.1 Å². The van der Waals surface area contributed by atoms with Crippen LogP contribution < -0.4 is 10.6 Å². The molecule has 1 aromatic carbocycles. The maximum atomic E-state index is 9.85. The molecule has 4 nitrogen and oxygen atoms in total. The zero-order chi connectivity index (χ0) is 10.7. The van der Waals surface area contributed by atoms with Crippen molar-refractivity contribution in [3.05, 3.63) is 29.3 Å². The van der Waals surface area contributed by atoms with Gasteiger partial charge in [0.05, 0.1) is 5.56 Å². The standard InChI is InChI=1S/C11H13N3O/c12-6-8-2-1-3-9(11(8)15)10-7-13-4-5-14-10/h1-3,10,13-15H,4-5,7H2/t10-/m0/s1. The number of nitriles is 1. The highest BCUT2D eigenvalue weighted by Gasteiger charge is 2.18. The zero-order valence-electron chi connectivity index (χ0n) is 8.33. The van der Waals surface area contributed by atoms with E-state index >= 15 is 0 Å². The van der Waals surface area contributed by atoms with Crippen molar-refractivity contribution in [3.8, 4) is 11.8 Å². The van der Waals surface area contributed by atoms with Gasteiger partial charge in [0.15, 0.2) is 0 Å². The predicted octanol–water partition coefficient (Wildman–Crippen LogP) is 0.498. The van der Waals surface area contributed by atoms with Gasteiger partial charge in [-0.05, 0) is 6.07 Å². The predicted molar refractivity (Wildman–Crippen MR) is 56.4 cm³/mol. The number of phenolic OH excluding ortho intramolecular Hbond substituents is 1. The summed E-state index contributed by atoms with van der Waals surface area (Å²) in [5.41, 5.74) is 1.13. The summed E-state index contributed by atoms with van der Waals surface area (Å²) in [6, 6.07) is 7.33. The Morgan fingerprint density at radius 3 is 2.93 bits per heavy atom. The topological polar surface area (TPSA) is 68.1 Å². The number of hydrogen-bond acceptors (Lipinski definition) is 4. The van der Waals surface area contributed by atoms with Gasteiger partial charge in [-0.25, -0.2) is 0 Å². The Labute approximate surface area is 88.5 Å². The number of aromatic hydroxyl groups is 1. The molecule has 0 aliphatic carbocycles. The molecule has 1 saturated heterocycles. The normalized spacial score (nSPS) is 20.9. The van der Waals surface area contributed by atoms with Crippen LogP contribution in [0.1, 0.15) is 17.2 Å². The Balaban J connectivity index is 2.31. The number of piperazine rings is 1. The van der Waals surface area contributed by atoms with Crippen LogP contribution >= 0.6 is 0 Å². The molecule has 1 atom stereocenters. The molecule has 78 valence electrons. The lowest BCUT2D eigenvalue weighted by atomic mass is 10.0. The number of hydrogen-bond donors (Lipinski definition) is 3. The summed E-state index contributed by atoms with van der Waals surface area (Å²) in [7, 11) is 0. The van der Waals surface area contributed by atoms with Gasteiger partial charge in [-0.1, -0.05) is 12.1 Å². The van der Waals surface area contributed by atoms with Gasteiger partial charge in [-0.2, -0.15) is 5.26 Å². The summed E-state index contributed by atoms with van der Waals surface area (Å²) in [6.07, 6.45) is 0. The van der Waals surface area contributed by atoms with E-state index in [0.29, 0.717) is 5.56 Å². The molecule has 2 rings (SSSR count). The molecule has 15 heavy (non-hydrogen) atoms. The second-order valence-electron chi connectivity index (χ2n) is 3.57. The Morgan fingerprint density at radius 1 is 1.40 bits per heavy atom. The van der Waals surface area contributed by atoms with Crippen LogP contribution in [0.3, 0.4) is 0 Å². The van der Waals surface area contributed by atoms with Gasteiger partial charge in [0.2, 0.25) is 0 Å². The van der Waals surface area contributed by atoms with E-state index in [9.17, 15) is 5.11 Å². The first-order valence-corrected chi connectivity index (χ1v) is 4.99. The van der Waals surface area contributed by atoms with Gasteiger partial charge in [0, 0.05) is 31.2 Å². The first-order valence-electron chi connectivity index (χ1n) is 4.99. The maximum absolute atomic E-state index is 9.85. The smallest absolute Gasteiger partial charge is 0.138 e. The molecule has 3 N–H and O–H groups in total. The molecule has 0 spiro atoms. The quantitative estimate of drug-likeness (QED) is 0.621. The van der Waals surface area contributed by atoms with Crippen LogP contribution in [0.5, 0.6) is 5.75 Å². The summed E-state index contributed by atoms with van der Waals surface area (Å²) in [6.45, 7) is 2.60. The fourth-order valence-corrected chi connectivity index (χ4v) is 1.81. The highest BCUT2D eigenvalue weighted by atomic mass is 16.3. The Bertz CT molecular complexity index is 391. The van der Waals surface area contributed by atoms with E-state index in [-0.39, 0.29) is 11.8 Å². The van der Waals surface area contributed by atoms with Gasteiger partial charge in [-0.3, -0.25) is 0 Å². The number of rotatable bonds is 1. The van der Waals surface area contributed by atoms with Crippen molar-refractivity contribution in [1.82, 2.24) is 10.6 Å². The molecule has 1 fully saturated rings. The first kappa shape index (κ1) is 9.97. The van der Waals surface area contributed by atoms with E-state index in [1.165, 1.54) is 0 Å². The van der Waals surface area contributed by atoms with Crippen molar-refractivity contribution in [2.24, 2.45) is 0 Å². The molecular weight excluding hydrogens is 190 g/mol. The third-order valence-corrected chi connectivity index (χ3v) is 2.60. The van der Waals surface area contributed by atoms with Crippen LogP contribution in [0.4, 0.5) is 0 Å². The third kappa shape index (κ3) is 1.94. The second-order valence-corrected chi connectivity index (χ2v) is 3.57. The van der Waals surface area contributed by atoms with Crippen LogP contribution in [0, 0.1) is 11.3 Å². The van der Waals surface area contributed by atoms with E-state index in [2.05, 4.69) is 10.6 Å². The Hall–Kier alpha value is -1.57. The van der Waals surface area contributed by atoms with Gasteiger partial charge in [0.1, 0.15) is 11.8 Å². The number of phenols is 1. The molecule has 0 bridgehead atoms. The van der Waals surface area contributed by atoms with Gasteiger partial charge >= 0.3 is 0 Å². The highest BCUT2D eigenvalue weighted by Crippen LogP contribution is 2.27. The monoisotopic (exact) mass is 203 g/mol. The zero-order valence-corrected chi connectivity index (χ0v) is 8.33. The molecule has 1 aliphatic heterocycles. The van der Waals surface area contributed by atoms with E-state index in [4.69, 9.17) is 5.26 Å². The Kier molecular flexibility index (Phi) is 2.86. The lowest BCUT2D eigenvalue weighted by Gasteiger charge is -2.25. The Morgan fingerprint density at radius 2 is 2.27 bits per heavy atom. The van der Waals surface area contributed by atoms with E-state index in [0.717, 1.165) is 25.2 Å². The maximum Gasteiger partial charge on any atom is 0.138 e. The number of nitrogens with one attached hydrogen (secondary N) is 2. The minimum atomic E-state index is 0.0899. The van der Waals surface area contributed by atoms with Crippen molar-refractivity contribution in [2.75, 3.05) is 19.6 Å². The average molecular weight is 203 g/mol. The second kappa shape index (κ2) is 4.30. The molecular formula is C11H13N3O. The lowest BCUT2D eigenvalue weighted by Crippen LogP contribution is -2.42. The molecule has 0 saturated carbocycles. The number of nitrogens with zero attached hydrogens (tertiary/aromatic N) is 1. The van der Waals surface area contributed by atoms with Crippen LogP contribution in [0.25, 0.3) is 0 Å². The fourth-order valence-electron chi connectivity index (χ4n) is 1.81. The largest absolute Gasteiger partial charge is 0.506 e. The van der Waals surface area contributed by atoms with E-state index < -0.39 is 0 Å². The van der Waals surface area contributed by atoms with Crippen LogP contribution in [-0.4, -0.2) is 24.7 Å². The van der Waals surface area contributed by atoms with Gasteiger partial charge in [-0.15, -0.1) is 0 Å². The minimum Gasteiger partial charge on any atom is -0.506 e. The molecule has 1 aromatic rings. The lowest BCUT2D eigenvalue weighted by molar-refractivity contribution is 0.404. The molecule has 1 heterocycles. The molecule has 0 amide bonds. The molecule has 0 unspecified atom stereocenters. The fraction of sp³-hybridized carbons (Fsp3) is 0.364. The third-order valence-electron chi connectivity index (χ3n) is 2.60.